The molecule has 2 rings (SSSR count). The molecule has 1 saturated heterocycles. The average molecular weight is 249 g/mol. The Bertz CT molecular complexity index is 415. The molecule has 2 nitrogen and oxygen atoms in total. The van der Waals surface area contributed by atoms with Crippen LogP contribution in [0.4, 0.5) is 0 Å². The van der Waals surface area contributed by atoms with E-state index < -0.39 is 0 Å². The molecule has 1 unspecified atom stereocenters. The fourth-order valence-electron chi connectivity index (χ4n) is 2.16. The minimum absolute atomic E-state index is 0.149. The van der Waals surface area contributed by atoms with Gasteiger partial charge in [0.15, 0.2) is 0 Å². The predicted octanol–water partition coefficient (Wildman–Crippen LogP) is 2.32. The Balaban J connectivity index is 1.97. The largest absolute Gasteiger partial charge is 0.395 e. The number of rotatable bonds is 3. The highest BCUT2D eigenvalue weighted by Crippen LogP contribution is 2.22. The van der Waals surface area contributed by atoms with Gasteiger partial charge in [0, 0.05) is 30.0 Å². The third-order valence-electron chi connectivity index (χ3n) is 3.08. The third kappa shape index (κ3) is 3.57. The van der Waals surface area contributed by atoms with E-state index in [1.807, 2.05) is 0 Å². The fourth-order valence-corrected chi connectivity index (χ4v) is 3.03. The van der Waals surface area contributed by atoms with Gasteiger partial charge in [-0.2, -0.15) is 0 Å². The zero-order valence-corrected chi connectivity index (χ0v) is 11.1. The maximum atomic E-state index is 8.72. The van der Waals surface area contributed by atoms with Crippen LogP contribution in [0.2, 0.25) is 0 Å². The lowest BCUT2D eigenvalue weighted by Crippen LogP contribution is -2.19. The molecule has 0 bridgehead atoms. The summed E-state index contributed by atoms with van der Waals surface area (Å²) < 4.78 is 0. The monoisotopic (exact) mass is 249 g/mol. The summed E-state index contributed by atoms with van der Waals surface area (Å²) in [5.74, 6) is 6.99. The zero-order chi connectivity index (χ0) is 12.1. The summed E-state index contributed by atoms with van der Waals surface area (Å²) in [5.41, 5.74) is 1.14. The molecule has 1 fully saturated rings. The van der Waals surface area contributed by atoms with E-state index >= 15 is 0 Å². The highest BCUT2D eigenvalue weighted by molar-refractivity contribution is 7.10. The van der Waals surface area contributed by atoms with Gasteiger partial charge < -0.3 is 5.11 Å². The van der Waals surface area contributed by atoms with Crippen molar-refractivity contribution < 1.29 is 5.11 Å². The van der Waals surface area contributed by atoms with Gasteiger partial charge in [-0.05, 0) is 30.3 Å². The quantitative estimate of drug-likeness (QED) is 0.831. The molecule has 0 saturated carbocycles. The molecule has 1 N–H and O–H groups in total. The molecule has 92 valence electrons. The summed E-state index contributed by atoms with van der Waals surface area (Å²) >= 11 is 1.79. The SMILES string of the molecule is CC1CCN(Cc2sccc2C#CCCO)C1. The first-order chi connectivity index (χ1) is 8.29. The van der Waals surface area contributed by atoms with Gasteiger partial charge in [0.05, 0.1) is 6.61 Å². The van der Waals surface area contributed by atoms with Gasteiger partial charge in [0.1, 0.15) is 0 Å². The van der Waals surface area contributed by atoms with Gasteiger partial charge in [-0.25, -0.2) is 0 Å². The van der Waals surface area contributed by atoms with Crippen LogP contribution < -0.4 is 0 Å². The predicted molar refractivity (Wildman–Crippen MR) is 72.0 cm³/mol. The maximum absolute atomic E-state index is 8.72. The topological polar surface area (TPSA) is 23.5 Å². The average Bonchev–Trinajstić information content (AvgIpc) is 2.90. The Labute approximate surface area is 107 Å². The highest BCUT2D eigenvalue weighted by Gasteiger charge is 2.19. The van der Waals surface area contributed by atoms with Crippen LogP contribution in [0.1, 0.15) is 30.2 Å². The van der Waals surface area contributed by atoms with Crippen molar-refractivity contribution in [2.45, 2.75) is 26.3 Å². The number of hydrogen-bond donors (Lipinski definition) is 1. The lowest BCUT2D eigenvalue weighted by Gasteiger charge is -2.14. The van der Waals surface area contributed by atoms with Crippen molar-refractivity contribution in [1.82, 2.24) is 4.90 Å². The Hall–Kier alpha value is -0.820. The van der Waals surface area contributed by atoms with Crippen molar-refractivity contribution in [2.24, 2.45) is 5.92 Å². The number of hydrogen-bond acceptors (Lipinski definition) is 3. The summed E-state index contributed by atoms with van der Waals surface area (Å²) in [7, 11) is 0. The van der Waals surface area contributed by atoms with Crippen molar-refractivity contribution in [2.75, 3.05) is 19.7 Å². The normalized spacial score (nSPS) is 20.2. The first kappa shape index (κ1) is 12.6. The molecule has 1 atom stereocenters. The summed E-state index contributed by atoms with van der Waals surface area (Å²) in [6, 6.07) is 2.09. The van der Waals surface area contributed by atoms with Gasteiger partial charge in [0.2, 0.25) is 0 Å². The Morgan fingerprint density at radius 1 is 1.59 bits per heavy atom. The standard InChI is InChI=1S/C14H19NOS/c1-12-5-7-15(10-12)11-14-13(6-9-17-14)4-2-3-8-16/h6,9,12,16H,3,5,7-8,10-11H2,1H3. The molecule has 0 amide bonds. The van der Waals surface area contributed by atoms with E-state index in [2.05, 4.69) is 35.1 Å². The summed E-state index contributed by atoms with van der Waals surface area (Å²) in [5, 5.41) is 10.8. The Morgan fingerprint density at radius 3 is 3.18 bits per heavy atom. The van der Waals surface area contributed by atoms with Crippen LogP contribution in [-0.2, 0) is 6.54 Å². The second kappa shape index (κ2) is 6.20. The second-order valence-electron chi connectivity index (χ2n) is 4.66. The number of thiophene rings is 1. The Kier molecular flexibility index (Phi) is 4.61. The number of nitrogens with zero attached hydrogens (tertiary/aromatic N) is 1. The molecule has 0 spiro atoms. The highest BCUT2D eigenvalue weighted by atomic mass is 32.1. The molecule has 1 aliphatic heterocycles. The minimum Gasteiger partial charge on any atom is -0.395 e. The van der Waals surface area contributed by atoms with Crippen molar-refractivity contribution in [3.63, 3.8) is 0 Å². The van der Waals surface area contributed by atoms with Crippen LogP contribution in [0, 0.1) is 17.8 Å². The van der Waals surface area contributed by atoms with E-state index in [1.54, 1.807) is 11.3 Å². The van der Waals surface area contributed by atoms with E-state index in [0.717, 1.165) is 18.0 Å². The summed E-state index contributed by atoms with van der Waals surface area (Å²) in [6.45, 7) is 5.92. The minimum atomic E-state index is 0.149. The summed E-state index contributed by atoms with van der Waals surface area (Å²) in [6.07, 6.45) is 1.88. The van der Waals surface area contributed by atoms with Gasteiger partial charge in [0.25, 0.3) is 0 Å². The number of aliphatic hydroxyl groups is 1. The van der Waals surface area contributed by atoms with E-state index in [-0.39, 0.29) is 6.61 Å². The smallest absolute Gasteiger partial charge is 0.0540 e. The molecule has 3 heteroatoms. The van der Waals surface area contributed by atoms with E-state index in [0.29, 0.717) is 6.42 Å². The van der Waals surface area contributed by atoms with Crippen LogP contribution in [0.15, 0.2) is 11.4 Å². The van der Waals surface area contributed by atoms with Crippen LogP contribution in [0.3, 0.4) is 0 Å². The van der Waals surface area contributed by atoms with Crippen LogP contribution in [0.25, 0.3) is 0 Å². The van der Waals surface area contributed by atoms with E-state index in [4.69, 9.17) is 5.11 Å². The molecular weight excluding hydrogens is 230 g/mol. The first-order valence-corrected chi connectivity index (χ1v) is 7.06. The van der Waals surface area contributed by atoms with Crippen molar-refractivity contribution in [3.8, 4) is 11.8 Å². The molecule has 0 radical (unpaired) electrons. The van der Waals surface area contributed by atoms with Crippen molar-refractivity contribution >= 4 is 11.3 Å². The molecule has 1 aromatic heterocycles. The zero-order valence-electron chi connectivity index (χ0n) is 10.3. The van der Waals surface area contributed by atoms with Gasteiger partial charge in [-0.15, -0.1) is 11.3 Å². The fraction of sp³-hybridized carbons (Fsp3) is 0.571. The van der Waals surface area contributed by atoms with Crippen LogP contribution >= 0.6 is 11.3 Å². The van der Waals surface area contributed by atoms with Gasteiger partial charge in [-0.1, -0.05) is 18.8 Å². The van der Waals surface area contributed by atoms with Crippen LogP contribution in [-0.4, -0.2) is 29.7 Å². The van der Waals surface area contributed by atoms with E-state index in [9.17, 15) is 0 Å². The lowest BCUT2D eigenvalue weighted by molar-refractivity contribution is 0.305. The number of aliphatic hydroxyl groups excluding tert-OH is 1. The third-order valence-corrected chi connectivity index (χ3v) is 3.99. The molecule has 0 aliphatic carbocycles. The molecule has 1 aromatic rings. The summed E-state index contributed by atoms with van der Waals surface area (Å²) in [4.78, 5) is 3.87. The molecule has 1 aliphatic rings. The molecular formula is C14H19NOS. The lowest BCUT2D eigenvalue weighted by atomic mass is 10.2. The van der Waals surface area contributed by atoms with Gasteiger partial charge >= 0.3 is 0 Å². The second-order valence-corrected chi connectivity index (χ2v) is 5.66. The number of likely N-dealkylation sites (tertiary alicyclic amines) is 1. The molecule has 17 heavy (non-hydrogen) atoms. The van der Waals surface area contributed by atoms with Gasteiger partial charge in [-0.3, -0.25) is 4.90 Å². The van der Waals surface area contributed by atoms with Crippen molar-refractivity contribution in [1.29, 1.82) is 0 Å². The first-order valence-electron chi connectivity index (χ1n) is 6.18. The van der Waals surface area contributed by atoms with Crippen molar-refractivity contribution in [3.05, 3.63) is 21.9 Å². The Morgan fingerprint density at radius 2 is 2.47 bits per heavy atom. The van der Waals surface area contributed by atoms with Crippen LogP contribution in [0.5, 0.6) is 0 Å². The van der Waals surface area contributed by atoms with E-state index in [1.165, 1.54) is 24.4 Å². The maximum Gasteiger partial charge on any atom is 0.0540 e. The molecule has 2 heterocycles. The molecule has 0 aromatic carbocycles.